The second-order valence-electron chi connectivity index (χ2n) is 6.24. The maximum absolute atomic E-state index is 11.5. The molecule has 1 aromatic rings. The number of nitrogens with one attached hydrogen (secondary N) is 1. The fourth-order valence-electron chi connectivity index (χ4n) is 2.96. The second-order valence-corrected chi connectivity index (χ2v) is 6.24. The molecule has 1 aliphatic rings. The van der Waals surface area contributed by atoms with E-state index >= 15 is 0 Å². The zero-order valence-corrected chi connectivity index (χ0v) is 11.7. The van der Waals surface area contributed by atoms with Gasteiger partial charge in [-0.3, -0.25) is 4.79 Å². The molecule has 1 unspecified atom stereocenters. The second kappa shape index (κ2) is 5.11. The summed E-state index contributed by atoms with van der Waals surface area (Å²) in [5.74, 6) is -0.440. The molecule has 1 aliphatic carbocycles. The highest BCUT2D eigenvalue weighted by Crippen LogP contribution is 2.37. The van der Waals surface area contributed by atoms with Gasteiger partial charge in [-0.15, -0.1) is 0 Å². The van der Waals surface area contributed by atoms with Gasteiger partial charge in [0.05, 0.1) is 16.9 Å². The number of hydrogen-bond donors (Lipinski definition) is 3. The third kappa shape index (κ3) is 3.19. The summed E-state index contributed by atoms with van der Waals surface area (Å²) >= 11 is 0. The van der Waals surface area contributed by atoms with Crippen LogP contribution in [0.4, 0.5) is 11.4 Å². The lowest BCUT2D eigenvalue weighted by atomic mass is 9.75. The summed E-state index contributed by atoms with van der Waals surface area (Å²) in [5.41, 5.74) is 13.5. The van der Waals surface area contributed by atoms with Crippen LogP contribution in [0.25, 0.3) is 0 Å². The van der Waals surface area contributed by atoms with Gasteiger partial charge in [-0.05, 0) is 36.8 Å². The van der Waals surface area contributed by atoms with Crippen LogP contribution < -0.4 is 16.8 Å². The van der Waals surface area contributed by atoms with Crippen LogP contribution in [0.1, 0.15) is 49.9 Å². The molecule has 0 radical (unpaired) electrons. The van der Waals surface area contributed by atoms with E-state index in [9.17, 15) is 4.79 Å². The monoisotopic (exact) mass is 261 g/mol. The number of carbonyl (C=O) groups excluding carboxylic acids is 1. The molecule has 0 heterocycles. The van der Waals surface area contributed by atoms with Gasteiger partial charge < -0.3 is 16.8 Å². The van der Waals surface area contributed by atoms with Gasteiger partial charge in [0.1, 0.15) is 0 Å². The third-order valence-electron chi connectivity index (χ3n) is 3.92. The molecule has 1 saturated carbocycles. The maximum Gasteiger partial charge on any atom is 0.250 e. The van der Waals surface area contributed by atoms with Crippen LogP contribution in [0.15, 0.2) is 18.2 Å². The maximum atomic E-state index is 11.5. The normalized spacial score (nSPS) is 21.9. The van der Waals surface area contributed by atoms with Crippen LogP contribution in [0.5, 0.6) is 0 Å². The Kier molecular flexibility index (Phi) is 3.69. The Morgan fingerprint density at radius 3 is 2.79 bits per heavy atom. The molecular formula is C15H23N3O. The molecule has 0 spiro atoms. The van der Waals surface area contributed by atoms with E-state index in [-0.39, 0.29) is 0 Å². The standard InChI is InChI=1S/C15H23N3O/c1-15(2)8-4-5-10(9-15)18-13-11(14(17)19)6-3-7-12(13)16/h3,6-7,10,18H,4-5,8-9,16H2,1-2H3,(H2,17,19). The minimum Gasteiger partial charge on any atom is -0.397 e. The quantitative estimate of drug-likeness (QED) is 0.732. The first kappa shape index (κ1) is 13.7. The molecule has 4 heteroatoms. The molecule has 5 N–H and O–H groups in total. The number of anilines is 2. The first-order valence-electron chi connectivity index (χ1n) is 6.84. The number of nitrogens with two attached hydrogens (primary N) is 2. The smallest absolute Gasteiger partial charge is 0.250 e. The molecule has 1 fully saturated rings. The average molecular weight is 261 g/mol. The van der Waals surface area contributed by atoms with Crippen LogP contribution >= 0.6 is 0 Å². The Morgan fingerprint density at radius 2 is 2.16 bits per heavy atom. The van der Waals surface area contributed by atoms with E-state index in [1.165, 1.54) is 12.8 Å². The van der Waals surface area contributed by atoms with Crippen molar-refractivity contribution in [3.8, 4) is 0 Å². The molecule has 0 saturated heterocycles. The van der Waals surface area contributed by atoms with E-state index < -0.39 is 5.91 Å². The number of carbonyl (C=O) groups is 1. The van der Waals surface area contributed by atoms with Crippen molar-refractivity contribution < 1.29 is 4.79 Å². The largest absolute Gasteiger partial charge is 0.397 e. The Hall–Kier alpha value is -1.71. The molecule has 104 valence electrons. The van der Waals surface area contributed by atoms with Gasteiger partial charge in [-0.1, -0.05) is 26.3 Å². The van der Waals surface area contributed by atoms with Crippen LogP contribution in [-0.4, -0.2) is 11.9 Å². The van der Waals surface area contributed by atoms with Gasteiger partial charge in [0.15, 0.2) is 0 Å². The predicted octanol–water partition coefficient (Wildman–Crippen LogP) is 2.75. The highest BCUT2D eigenvalue weighted by atomic mass is 16.1. The van der Waals surface area contributed by atoms with Crippen molar-refractivity contribution in [2.45, 2.75) is 45.6 Å². The van der Waals surface area contributed by atoms with Crippen molar-refractivity contribution in [1.29, 1.82) is 0 Å². The number of nitrogen functional groups attached to an aromatic ring is 1. The first-order chi connectivity index (χ1) is 8.89. The van der Waals surface area contributed by atoms with Gasteiger partial charge in [0.2, 0.25) is 0 Å². The van der Waals surface area contributed by atoms with Crippen molar-refractivity contribution in [2.24, 2.45) is 11.1 Å². The zero-order chi connectivity index (χ0) is 14.0. The zero-order valence-electron chi connectivity index (χ0n) is 11.7. The molecule has 19 heavy (non-hydrogen) atoms. The summed E-state index contributed by atoms with van der Waals surface area (Å²) in [6.07, 6.45) is 4.64. The minimum atomic E-state index is -0.440. The van der Waals surface area contributed by atoms with E-state index in [0.29, 0.717) is 28.4 Å². The average Bonchev–Trinajstić information content (AvgIpc) is 2.30. The molecule has 0 aromatic heterocycles. The van der Waals surface area contributed by atoms with E-state index in [1.807, 2.05) is 0 Å². The highest BCUT2D eigenvalue weighted by molar-refractivity contribution is 6.01. The summed E-state index contributed by atoms with van der Waals surface area (Å²) in [4.78, 5) is 11.5. The molecule has 1 aromatic carbocycles. The Bertz CT molecular complexity index is 482. The summed E-state index contributed by atoms with van der Waals surface area (Å²) in [5, 5.41) is 3.43. The predicted molar refractivity (Wildman–Crippen MR) is 79.0 cm³/mol. The van der Waals surface area contributed by atoms with Crippen molar-refractivity contribution in [1.82, 2.24) is 0 Å². The Morgan fingerprint density at radius 1 is 1.42 bits per heavy atom. The third-order valence-corrected chi connectivity index (χ3v) is 3.92. The molecule has 4 nitrogen and oxygen atoms in total. The topological polar surface area (TPSA) is 81.1 Å². The molecule has 1 atom stereocenters. The summed E-state index contributed by atoms with van der Waals surface area (Å²) in [6.45, 7) is 4.56. The van der Waals surface area contributed by atoms with Gasteiger partial charge >= 0.3 is 0 Å². The SMILES string of the molecule is CC1(C)CCCC(Nc2c(N)cccc2C(N)=O)C1. The molecule has 2 rings (SSSR count). The number of para-hydroxylation sites is 1. The van der Waals surface area contributed by atoms with Crippen molar-refractivity contribution in [3.63, 3.8) is 0 Å². The van der Waals surface area contributed by atoms with E-state index in [1.54, 1.807) is 18.2 Å². The van der Waals surface area contributed by atoms with Crippen LogP contribution in [0, 0.1) is 5.41 Å². The first-order valence-corrected chi connectivity index (χ1v) is 6.84. The molecule has 0 aliphatic heterocycles. The lowest BCUT2D eigenvalue weighted by Crippen LogP contribution is -2.32. The number of rotatable bonds is 3. The Balaban J connectivity index is 2.21. The fraction of sp³-hybridized carbons (Fsp3) is 0.533. The van der Waals surface area contributed by atoms with Gasteiger partial charge in [0.25, 0.3) is 5.91 Å². The minimum absolute atomic E-state index is 0.340. The van der Waals surface area contributed by atoms with E-state index in [4.69, 9.17) is 11.5 Å². The summed E-state index contributed by atoms with van der Waals surface area (Å²) in [6, 6.07) is 5.62. The highest BCUT2D eigenvalue weighted by Gasteiger charge is 2.28. The van der Waals surface area contributed by atoms with Crippen molar-refractivity contribution in [3.05, 3.63) is 23.8 Å². The van der Waals surface area contributed by atoms with Crippen LogP contribution in [0.2, 0.25) is 0 Å². The van der Waals surface area contributed by atoms with Crippen molar-refractivity contribution >= 4 is 17.3 Å². The molecular weight excluding hydrogens is 238 g/mol. The number of hydrogen-bond acceptors (Lipinski definition) is 3. The van der Waals surface area contributed by atoms with Crippen LogP contribution in [-0.2, 0) is 0 Å². The number of primary amides is 1. The lowest BCUT2D eigenvalue weighted by Gasteiger charge is -2.36. The summed E-state index contributed by atoms with van der Waals surface area (Å²) < 4.78 is 0. The lowest BCUT2D eigenvalue weighted by molar-refractivity contribution is 0.100. The van der Waals surface area contributed by atoms with Crippen molar-refractivity contribution in [2.75, 3.05) is 11.1 Å². The Labute approximate surface area is 114 Å². The van der Waals surface area contributed by atoms with E-state index in [2.05, 4.69) is 19.2 Å². The van der Waals surface area contributed by atoms with Gasteiger partial charge in [-0.25, -0.2) is 0 Å². The number of benzene rings is 1. The van der Waals surface area contributed by atoms with E-state index in [0.717, 1.165) is 12.8 Å². The fourth-order valence-corrected chi connectivity index (χ4v) is 2.96. The van der Waals surface area contributed by atoms with Gasteiger partial charge in [0, 0.05) is 6.04 Å². The van der Waals surface area contributed by atoms with Crippen LogP contribution in [0.3, 0.4) is 0 Å². The molecule has 0 bridgehead atoms. The number of amides is 1. The summed E-state index contributed by atoms with van der Waals surface area (Å²) in [7, 11) is 0. The van der Waals surface area contributed by atoms with Gasteiger partial charge in [-0.2, -0.15) is 0 Å². The molecule has 1 amide bonds.